The summed E-state index contributed by atoms with van der Waals surface area (Å²) in [6.07, 6.45) is 13.0. The Morgan fingerprint density at radius 3 is 2.74 bits per heavy atom. The molecule has 2 heterocycles. The highest BCUT2D eigenvalue weighted by molar-refractivity contribution is 5.07. The van der Waals surface area contributed by atoms with Crippen molar-refractivity contribution in [3.05, 3.63) is 11.8 Å². The lowest BCUT2D eigenvalue weighted by molar-refractivity contribution is 0.0769. The summed E-state index contributed by atoms with van der Waals surface area (Å²) in [5, 5.41) is 0. The van der Waals surface area contributed by atoms with Crippen LogP contribution < -0.4 is 5.73 Å². The summed E-state index contributed by atoms with van der Waals surface area (Å²) >= 11 is 0. The second-order valence-corrected chi connectivity index (χ2v) is 6.52. The van der Waals surface area contributed by atoms with Crippen LogP contribution in [0.25, 0.3) is 0 Å². The molecule has 2 fully saturated rings. The highest BCUT2D eigenvalue weighted by Gasteiger charge is 2.30. The molecule has 1 aliphatic carbocycles. The van der Waals surface area contributed by atoms with Crippen molar-refractivity contribution in [2.45, 2.75) is 63.5 Å². The molecule has 0 spiro atoms. The van der Waals surface area contributed by atoms with Crippen LogP contribution in [0.5, 0.6) is 0 Å². The molecule has 0 aromatic rings. The molecule has 0 radical (unpaired) electrons. The Morgan fingerprint density at radius 2 is 1.95 bits per heavy atom. The number of rotatable bonds is 4. The Labute approximate surface area is 117 Å². The third-order valence-corrected chi connectivity index (χ3v) is 4.99. The van der Waals surface area contributed by atoms with Crippen LogP contribution in [-0.4, -0.2) is 36.7 Å². The zero-order valence-electron chi connectivity index (χ0n) is 12.0. The molecule has 3 aliphatic rings. The van der Waals surface area contributed by atoms with E-state index in [9.17, 15) is 0 Å². The molecular formula is C16H28N2O. The molecule has 0 aromatic heterocycles. The minimum Gasteiger partial charge on any atom is -0.494 e. The quantitative estimate of drug-likeness (QED) is 0.848. The largest absolute Gasteiger partial charge is 0.494 e. The molecule has 1 saturated heterocycles. The summed E-state index contributed by atoms with van der Waals surface area (Å²) in [5.41, 5.74) is 5.94. The molecular weight excluding hydrogens is 236 g/mol. The van der Waals surface area contributed by atoms with Gasteiger partial charge in [0, 0.05) is 18.4 Å². The van der Waals surface area contributed by atoms with Crippen LogP contribution in [0.3, 0.4) is 0 Å². The van der Waals surface area contributed by atoms with Gasteiger partial charge in [-0.1, -0.05) is 6.42 Å². The summed E-state index contributed by atoms with van der Waals surface area (Å²) in [6.45, 7) is 3.58. The van der Waals surface area contributed by atoms with Gasteiger partial charge in [0.25, 0.3) is 0 Å². The number of hydrogen-bond donors (Lipinski definition) is 1. The van der Waals surface area contributed by atoms with E-state index in [4.69, 9.17) is 10.5 Å². The van der Waals surface area contributed by atoms with Crippen molar-refractivity contribution in [3.8, 4) is 0 Å². The molecule has 2 aliphatic heterocycles. The first-order valence-corrected chi connectivity index (χ1v) is 8.16. The zero-order chi connectivity index (χ0) is 13.1. The van der Waals surface area contributed by atoms with Crippen molar-refractivity contribution in [1.82, 2.24) is 4.90 Å². The standard InChI is InChI=1S/C16H28N2O/c17-14-7-10-18(11-8-14)9-3-5-15-12-13-4-1-2-6-16(13)19-15/h12-14,16H,1-11,17H2. The predicted octanol–water partition coefficient (Wildman–Crippen LogP) is 2.66. The average Bonchev–Trinajstić information content (AvgIpc) is 2.83. The third-order valence-electron chi connectivity index (χ3n) is 4.99. The fraction of sp³-hybridized carbons (Fsp3) is 0.875. The fourth-order valence-electron chi connectivity index (χ4n) is 3.73. The summed E-state index contributed by atoms with van der Waals surface area (Å²) < 4.78 is 6.09. The van der Waals surface area contributed by atoms with Gasteiger partial charge in [-0.2, -0.15) is 0 Å². The van der Waals surface area contributed by atoms with Gasteiger partial charge in [0.15, 0.2) is 0 Å². The topological polar surface area (TPSA) is 38.5 Å². The van der Waals surface area contributed by atoms with E-state index in [2.05, 4.69) is 11.0 Å². The van der Waals surface area contributed by atoms with E-state index in [1.807, 2.05) is 0 Å². The first kappa shape index (κ1) is 13.4. The van der Waals surface area contributed by atoms with Crippen molar-refractivity contribution < 1.29 is 4.74 Å². The molecule has 19 heavy (non-hydrogen) atoms. The maximum absolute atomic E-state index is 6.09. The van der Waals surface area contributed by atoms with Crippen molar-refractivity contribution >= 4 is 0 Å². The summed E-state index contributed by atoms with van der Waals surface area (Å²) in [6, 6.07) is 0.445. The van der Waals surface area contributed by atoms with E-state index < -0.39 is 0 Å². The molecule has 0 aromatic carbocycles. The summed E-state index contributed by atoms with van der Waals surface area (Å²) in [4.78, 5) is 2.56. The average molecular weight is 264 g/mol. The molecule has 2 atom stereocenters. The van der Waals surface area contributed by atoms with Crippen molar-refractivity contribution in [1.29, 1.82) is 0 Å². The van der Waals surface area contributed by atoms with Crippen molar-refractivity contribution in [2.75, 3.05) is 19.6 Å². The van der Waals surface area contributed by atoms with Gasteiger partial charge in [-0.05, 0) is 64.2 Å². The van der Waals surface area contributed by atoms with Gasteiger partial charge in [0.2, 0.25) is 0 Å². The minimum absolute atomic E-state index is 0.445. The molecule has 0 bridgehead atoms. The van der Waals surface area contributed by atoms with Gasteiger partial charge in [0.05, 0.1) is 5.76 Å². The monoisotopic (exact) mass is 264 g/mol. The Hall–Kier alpha value is -0.540. The van der Waals surface area contributed by atoms with Gasteiger partial charge in [0.1, 0.15) is 6.10 Å². The zero-order valence-corrected chi connectivity index (χ0v) is 12.0. The van der Waals surface area contributed by atoms with Gasteiger partial charge < -0.3 is 15.4 Å². The van der Waals surface area contributed by atoms with Crippen molar-refractivity contribution in [2.24, 2.45) is 11.7 Å². The maximum Gasteiger partial charge on any atom is 0.105 e. The smallest absolute Gasteiger partial charge is 0.105 e. The number of nitrogens with two attached hydrogens (primary N) is 1. The van der Waals surface area contributed by atoms with Crippen molar-refractivity contribution in [3.63, 3.8) is 0 Å². The number of hydrogen-bond acceptors (Lipinski definition) is 3. The number of fused-ring (bicyclic) bond motifs is 1. The van der Waals surface area contributed by atoms with Gasteiger partial charge in [-0.3, -0.25) is 0 Å². The van der Waals surface area contributed by atoms with Crippen LogP contribution in [0, 0.1) is 5.92 Å². The second-order valence-electron chi connectivity index (χ2n) is 6.52. The SMILES string of the molecule is NC1CCN(CCCC2=CC3CCCCC3O2)CC1. The molecule has 3 nitrogen and oxygen atoms in total. The number of ether oxygens (including phenoxy) is 1. The van der Waals surface area contributed by atoms with Crippen LogP contribution in [0.1, 0.15) is 51.4 Å². The highest BCUT2D eigenvalue weighted by atomic mass is 16.5. The molecule has 1 saturated carbocycles. The number of allylic oxidation sites excluding steroid dienone is 1. The van der Waals surface area contributed by atoms with Crippen LogP contribution >= 0.6 is 0 Å². The van der Waals surface area contributed by atoms with E-state index >= 15 is 0 Å². The van der Waals surface area contributed by atoms with Gasteiger partial charge in [-0.15, -0.1) is 0 Å². The number of piperidine rings is 1. The first-order valence-electron chi connectivity index (χ1n) is 8.16. The number of likely N-dealkylation sites (tertiary alicyclic amines) is 1. The molecule has 2 N–H and O–H groups in total. The van der Waals surface area contributed by atoms with Gasteiger partial charge >= 0.3 is 0 Å². The number of nitrogens with zero attached hydrogens (tertiary/aromatic N) is 1. The highest BCUT2D eigenvalue weighted by Crippen LogP contribution is 2.36. The molecule has 3 rings (SSSR count). The van der Waals surface area contributed by atoms with E-state index in [-0.39, 0.29) is 0 Å². The van der Waals surface area contributed by atoms with Crippen LogP contribution in [0.2, 0.25) is 0 Å². The first-order chi connectivity index (χ1) is 9.31. The third kappa shape index (κ3) is 3.51. The van der Waals surface area contributed by atoms with E-state index in [0.29, 0.717) is 12.1 Å². The van der Waals surface area contributed by atoms with E-state index in [1.165, 1.54) is 70.3 Å². The molecule has 2 unspecified atom stereocenters. The summed E-state index contributed by atoms with van der Waals surface area (Å²) in [7, 11) is 0. The predicted molar refractivity (Wildman–Crippen MR) is 77.8 cm³/mol. The Balaban J connectivity index is 1.36. The van der Waals surface area contributed by atoms with Gasteiger partial charge in [-0.25, -0.2) is 0 Å². The lowest BCUT2D eigenvalue weighted by atomic mass is 9.87. The fourth-order valence-corrected chi connectivity index (χ4v) is 3.73. The van der Waals surface area contributed by atoms with Crippen LogP contribution in [-0.2, 0) is 4.74 Å². The van der Waals surface area contributed by atoms with Crippen LogP contribution in [0.15, 0.2) is 11.8 Å². The minimum atomic E-state index is 0.445. The Kier molecular flexibility index (Phi) is 4.44. The molecule has 3 heteroatoms. The lowest BCUT2D eigenvalue weighted by Crippen LogP contribution is -2.40. The molecule has 0 amide bonds. The van der Waals surface area contributed by atoms with E-state index in [1.54, 1.807) is 0 Å². The Morgan fingerprint density at radius 1 is 1.16 bits per heavy atom. The molecule has 108 valence electrons. The second kappa shape index (κ2) is 6.27. The Bertz CT molecular complexity index is 321. The van der Waals surface area contributed by atoms with E-state index in [0.717, 1.165) is 12.3 Å². The van der Waals surface area contributed by atoms with Crippen LogP contribution in [0.4, 0.5) is 0 Å². The normalized spacial score (nSPS) is 32.8. The summed E-state index contributed by atoms with van der Waals surface area (Å²) in [5.74, 6) is 2.02. The maximum atomic E-state index is 6.09. The lowest BCUT2D eigenvalue weighted by Gasteiger charge is -2.30.